The Hall–Kier alpha value is -2.44. The largest absolute Gasteiger partial charge is 0.482 e. The van der Waals surface area contributed by atoms with Crippen molar-refractivity contribution in [1.29, 1.82) is 0 Å². The van der Waals surface area contributed by atoms with E-state index in [1.807, 2.05) is 0 Å². The number of carbonyl (C=O) groups excluding carboxylic acids is 2. The Morgan fingerprint density at radius 1 is 1.25 bits per heavy atom. The van der Waals surface area contributed by atoms with Gasteiger partial charge in [-0.3, -0.25) is 14.5 Å². The van der Waals surface area contributed by atoms with E-state index in [0.29, 0.717) is 17.1 Å². The van der Waals surface area contributed by atoms with Gasteiger partial charge in [0.15, 0.2) is 6.61 Å². The van der Waals surface area contributed by atoms with Gasteiger partial charge in [-0.2, -0.15) is 0 Å². The number of amides is 2. The Balaban J connectivity index is 1.77. The van der Waals surface area contributed by atoms with Crippen LogP contribution in [0.4, 0.5) is 17.1 Å². The summed E-state index contributed by atoms with van der Waals surface area (Å²) in [5, 5.41) is 3.13. The number of hydrogen-bond donors (Lipinski definition) is 2. The quantitative estimate of drug-likeness (QED) is 0.818. The lowest BCUT2D eigenvalue weighted by Gasteiger charge is -2.28. The van der Waals surface area contributed by atoms with Crippen molar-refractivity contribution in [2.45, 2.75) is 0 Å². The van der Waals surface area contributed by atoms with E-state index in [2.05, 4.69) is 5.32 Å². The number of nitrogens with two attached hydrogens (primary N) is 1. The van der Waals surface area contributed by atoms with Crippen molar-refractivity contribution in [3.63, 3.8) is 0 Å². The molecular formula is C16H13Cl2N3O3. The summed E-state index contributed by atoms with van der Waals surface area (Å²) in [4.78, 5) is 25.7. The van der Waals surface area contributed by atoms with Gasteiger partial charge in [0.25, 0.3) is 5.91 Å². The Bertz CT molecular complexity index is 803. The highest BCUT2D eigenvalue weighted by Crippen LogP contribution is 2.32. The van der Waals surface area contributed by atoms with E-state index in [0.717, 1.165) is 0 Å². The maximum atomic E-state index is 12.3. The zero-order valence-electron chi connectivity index (χ0n) is 12.4. The maximum Gasteiger partial charge on any atom is 0.265 e. The topological polar surface area (TPSA) is 84.7 Å². The molecule has 2 aromatic carbocycles. The molecule has 124 valence electrons. The van der Waals surface area contributed by atoms with Crippen LogP contribution in [-0.4, -0.2) is 25.0 Å². The van der Waals surface area contributed by atoms with Crippen LogP contribution in [0, 0.1) is 0 Å². The van der Waals surface area contributed by atoms with Gasteiger partial charge in [0, 0.05) is 5.69 Å². The highest BCUT2D eigenvalue weighted by Gasteiger charge is 2.27. The third-order valence-corrected chi connectivity index (χ3v) is 4.10. The van der Waals surface area contributed by atoms with Gasteiger partial charge in [-0.15, -0.1) is 0 Å². The van der Waals surface area contributed by atoms with Crippen molar-refractivity contribution in [3.8, 4) is 5.75 Å². The van der Waals surface area contributed by atoms with Crippen LogP contribution in [-0.2, 0) is 9.59 Å². The van der Waals surface area contributed by atoms with Crippen LogP contribution in [0.5, 0.6) is 5.75 Å². The normalized spacial score (nSPS) is 13.2. The number of nitrogen functional groups attached to an aromatic ring is 1. The lowest BCUT2D eigenvalue weighted by Crippen LogP contribution is -2.43. The number of rotatable bonds is 3. The highest BCUT2D eigenvalue weighted by atomic mass is 35.5. The summed E-state index contributed by atoms with van der Waals surface area (Å²) in [6.07, 6.45) is 0. The predicted molar refractivity (Wildman–Crippen MR) is 93.8 cm³/mol. The van der Waals surface area contributed by atoms with Crippen LogP contribution in [0.15, 0.2) is 36.4 Å². The first kappa shape index (κ1) is 16.4. The zero-order valence-corrected chi connectivity index (χ0v) is 13.9. The van der Waals surface area contributed by atoms with Crippen molar-refractivity contribution in [1.82, 2.24) is 0 Å². The monoisotopic (exact) mass is 365 g/mol. The van der Waals surface area contributed by atoms with E-state index in [4.69, 9.17) is 33.7 Å². The van der Waals surface area contributed by atoms with Crippen LogP contribution in [0.25, 0.3) is 0 Å². The molecule has 0 unspecified atom stereocenters. The van der Waals surface area contributed by atoms with E-state index in [9.17, 15) is 9.59 Å². The summed E-state index contributed by atoms with van der Waals surface area (Å²) in [6.45, 7) is -0.261. The number of nitrogens with one attached hydrogen (secondary N) is 1. The number of ether oxygens (including phenoxy) is 1. The second-order valence-corrected chi connectivity index (χ2v) is 5.95. The van der Waals surface area contributed by atoms with Gasteiger partial charge in [-0.25, -0.2) is 0 Å². The van der Waals surface area contributed by atoms with Crippen molar-refractivity contribution in [3.05, 3.63) is 46.4 Å². The molecule has 0 radical (unpaired) electrons. The molecular weight excluding hydrogens is 353 g/mol. The summed E-state index contributed by atoms with van der Waals surface area (Å²) >= 11 is 11.9. The molecule has 6 nitrogen and oxygen atoms in total. The molecule has 1 aliphatic rings. The lowest BCUT2D eigenvalue weighted by molar-refractivity contribution is -0.123. The molecule has 0 saturated carbocycles. The molecule has 0 bridgehead atoms. The fourth-order valence-corrected chi connectivity index (χ4v) is 2.81. The predicted octanol–water partition coefficient (Wildman–Crippen LogP) is 2.94. The average molecular weight is 366 g/mol. The third kappa shape index (κ3) is 3.25. The fraction of sp³-hybridized carbons (Fsp3) is 0.125. The van der Waals surface area contributed by atoms with Crippen LogP contribution in [0.3, 0.4) is 0 Å². The van der Waals surface area contributed by atoms with Gasteiger partial charge >= 0.3 is 0 Å². The summed E-state index contributed by atoms with van der Waals surface area (Å²) in [7, 11) is 0. The number of halogens is 2. The first-order valence-corrected chi connectivity index (χ1v) is 7.78. The van der Waals surface area contributed by atoms with Crippen molar-refractivity contribution < 1.29 is 14.3 Å². The van der Waals surface area contributed by atoms with Crippen LogP contribution < -0.4 is 20.7 Å². The number of para-hydroxylation sites is 2. The van der Waals surface area contributed by atoms with Gasteiger partial charge in [0.05, 0.1) is 21.4 Å². The van der Waals surface area contributed by atoms with E-state index in [1.54, 1.807) is 24.3 Å². The lowest BCUT2D eigenvalue weighted by atomic mass is 10.2. The van der Waals surface area contributed by atoms with Crippen LogP contribution in [0.2, 0.25) is 10.0 Å². The molecule has 0 aromatic heterocycles. The summed E-state index contributed by atoms with van der Waals surface area (Å²) in [6, 6.07) is 10.0. The zero-order chi connectivity index (χ0) is 17.3. The molecule has 8 heteroatoms. The van der Waals surface area contributed by atoms with Gasteiger partial charge in [0.1, 0.15) is 12.3 Å². The smallest absolute Gasteiger partial charge is 0.265 e. The second kappa shape index (κ2) is 6.59. The van der Waals surface area contributed by atoms with Crippen molar-refractivity contribution in [2.75, 3.05) is 29.1 Å². The molecule has 24 heavy (non-hydrogen) atoms. The second-order valence-electron chi connectivity index (χ2n) is 5.14. The fourth-order valence-electron chi connectivity index (χ4n) is 2.33. The SMILES string of the molecule is Nc1c(Cl)cc(NC(=O)CN2C(=O)COc3ccccc32)cc1Cl. The number of anilines is 3. The first-order valence-electron chi connectivity index (χ1n) is 7.02. The summed E-state index contributed by atoms with van der Waals surface area (Å²) < 4.78 is 5.34. The molecule has 2 aromatic rings. The molecule has 0 saturated heterocycles. The van der Waals surface area contributed by atoms with E-state index < -0.39 is 5.91 Å². The minimum atomic E-state index is -0.392. The Labute approximate surface area is 148 Å². The first-order chi connectivity index (χ1) is 11.5. The van der Waals surface area contributed by atoms with Crippen molar-refractivity contribution in [2.24, 2.45) is 0 Å². The molecule has 1 heterocycles. The van der Waals surface area contributed by atoms with Gasteiger partial charge in [-0.05, 0) is 24.3 Å². The number of carbonyl (C=O) groups is 2. The Morgan fingerprint density at radius 3 is 2.62 bits per heavy atom. The highest BCUT2D eigenvalue weighted by molar-refractivity contribution is 6.39. The minimum absolute atomic E-state index is 0.107. The van der Waals surface area contributed by atoms with Gasteiger partial charge in [-0.1, -0.05) is 35.3 Å². The van der Waals surface area contributed by atoms with Crippen LogP contribution in [0.1, 0.15) is 0 Å². The molecule has 0 aliphatic carbocycles. The summed E-state index contributed by atoms with van der Waals surface area (Å²) in [5.41, 5.74) is 6.86. The molecule has 1 aliphatic heterocycles. The Morgan fingerprint density at radius 2 is 1.92 bits per heavy atom. The molecule has 3 rings (SSSR count). The average Bonchev–Trinajstić information content (AvgIpc) is 2.55. The Kier molecular flexibility index (Phi) is 4.51. The van der Waals surface area contributed by atoms with Crippen molar-refractivity contribution >= 4 is 52.1 Å². The number of benzene rings is 2. The molecule has 0 atom stereocenters. The number of fused-ring (bicyclic) bond motifs is 1. The minimum Gasteiger partial charge on any atom is -0.482 e. The third-order valence-electron chi connectivity index (χ3n) is 3.47. The molecule has 0 spiro atoms. The number of hydrogen-bond acceptors (Lipinski definition) is 4. The van der Waals surface area contributed by atoms with Gasteiger partial charge < -0.3 is 15.8 Å². The van der Waals surface area contributed by atoms with Gasteiger partial charge in [0.2, 0.25) is 5.91 Å². The molecule has 0 fully saturated rings. The van der Waals surface area contributed by atoms with Crippen LogP contribution >= 0.6 is 23.2 Å². The van der Waals surface area contributed by atoms with E-state index in [1.165, 1.54) is 17.0 Å². The summed E-state index contributed by atoms with van der Waals surface area (Å²) in [5.74, 6) is -0.127. The number of nitrogens with zero attached hydrogens (tertiary/aromatic N) is 1. The molecule has 2 amide bonds. The standard InChI is InChI=1S/C16H13Cl2N3O3/c17-10-5-9(6-11(18)16(10)19)20-14(22)7-21-12-3-1-2-4-13(12)24-8-15(21)23/h1-6H,7-8,19H2,(H,20,22). The van der Waals surface area contributed by atoms with E-state index >= 15 is 0 Å². The maximum absolute atomic E-state index is 12.3. The molecule has 3 N–H and O–H groups in total. The van der Waals surface area contributed by atoms with E-state index in [-0.39, 0.29) is 34.8 Å².